The molecule has 190 valence electrons. The molecule has 0 aromatic heterocycles. The standard InChI is InChI=1S/C29H44O5/c1-6-29(33,7-2)16-14-27(32)34-20(4)23-12-13-24-22(9-8-15-28(23,24)5)11-10-21-17-25(30)19(3)26(31)18-21/h10-11,14,16,20,23-26,30-31,33H,3,6-9,12-13,15,17-18H2,1-2,4-5H3/t20-,23+,24-,25+,26+,28+/m0/s1. The lowest BCUT2D eigenvalue weighted by Gasteiger charge is -2.43. The van der Waals surface area contributed by atoms with Crippen LogP contribution in [0.5, 0.6) is 0 Å². The Kier molecular flexibility index (Phi) is 8.65. The number of rotatable bonds is 7. The van der Waals surface area contributed by atoms with Crippen LogP contribution in [0.1, 0.15) is 85.5 Å². The van der Waals surface area contributed by atoms with Crippen molar-refractivity contribution >= 4 is 5.97 Å². The summed E-state index contributed by atoms with van der Waals surface area (Å²) in [5.74, 6) is 0.370. The van der Waals surface area contributed by atoms with Gasteiger partial charge in [-0.2, -0.15) is 0 Å². The number of hydrogen-bond donors (Lipinski definition) is 3. The first-order valence-electron chi connectivity index (χ1n) is 13.1. The fraction of sp³-hybridized carbons (Fsp3) is 0.690. The predicted molar refractivity (Wildman–Crippen MR) is 135 cm³/mol. The van der Waals surface area contributed by atoms with Gasteiger partial charge in [-0.25, -0.2) is 4.79 Å². The maximum atomic E-state index is 12.5. The van der Waals surface area contributed by atoms with Gasteiger partial charge in [0.25, 0.3) is 0 Å². The third kappa shape index (κ3) is 5.75. The molecular weight excluding hydrogens is 428 g/mol. The molecule has 6 atom stereocenters. The number of fused-ring (bicyclic) bond motifs is 1. The second-order valence-corrected chi connectivity index (χ2v) is 11.0. The number of allylic oxidation sites excluding steroid dienone is 3. The Hall–Kier alpha value is -1.69. The van der Waals surface area contributed by atoms with Gasteiger partial charge in [0.1, 0.15) is 6.10 Å². The zero-order valence-electron chi connectivity index (χ0n) is 21.4. The third-order valence-electron chi connectivity index (χ3n) is 8.96. The smallest absolute Gasteiger partial charge is 0.330 e. The average Bonchev–Trinajstić information content (AvgIpc) is 3.17. The lowest BCUT2D eigenvalue weighted by molar-refractivity contribution is -0.147. The van der Waals surface area contributed by atoms with Crippen molar-refractivity contribution in [2.24, 2.45) is 17.3 Å². The molecule has 3 rings (SSSR count). The molecule has 3 saturated carbocycles. The van der Waals surface area contributed by atoms with Crippen LogP contribution in [0, 0.1) is 17.3 Å². The summed E-state index contributed by atoms with van der Waals surface area (Å²) >= 11 is 0. The quantitative estimate of drug-likeness (QED) is 0.270. The van der Waals surface area contributed by atoms with Crippen LogP contribution < -0.4 is 0 Å². The normalized spacial score (nSPS) is 34.4. The number of carbonyl (C=O) groups excluding carboxylic acids is 1. The molecule has 0 radical (unpaired) electrons. The van der Waals surface area contributed by atoms with E-state index in [4.69, 9.17) is 4.74 Å². The monoisotopic (exact) mass is 472 g/mol. The maximum absolute atomic E-state index is 12.5. The highest BCUT2D eigenvalue weighted by molar-refractivity contribution is 5.82. The second kappa shape index (κ2) is 10.9. The summed E-state index contributed by atoms with van der Waals surface area (Å²) in [6, 6.07) is 0. The van der Waals surface area contributed by atoms with Crippen LogP contribution in [0.15, 0.2) is 47.6 Å². The first kappa shape index (κ1) is 26.9. The highest BCUT2D eigenvalue weighted by atomic mass is 16.5. The van der Waals surface area contributed by atoms with E-state index >= 15 is 0 Å². The van der Waals surface area contributed by atoms with Crippen molar-refractivity contribution in [1.29, 1.82) is 0 Å². The van der Waals surface area contributed by atoms with Crippen LogP contribution in [0.4, 0.5) is 0 Å². The summed E-state index contributed by atoms with van der Waals surface area (Å²) in [6.07, 6.45) is 13.4. The molecule has 0 aromatic carbocycles. The van der Waals surface area contributed by atoms with Gasteiger partial charge in [-0.15, -0.1) is 0 Å². The van der Waals surface area contributed by atoms with Gasteiger partial charge in [0, 0.05) is 12.0 Å². The zero-order chi connectivity index (χ0) is 25.1. The summed E-state index contributed by atoms with van der Waals surface area (Å²) in [7, 11) is 0. The predicted octanol–water partition coefficient (Wildman–Crippen LogP) is 5.17. The van der Waals surface area contributed by atoms with Crippen LogP contribution in [0.2, 0.25) is 0 Å². The van der Waals surface area contributed by atoms with Crippen molar-refractivity contribution in [3.63, 3.8) is 0 Å². The third-order valence-corrected chi connectivity index (χ3v) is 8.96. The molecule has 0 amide bonds. The van der Waals surface area contributed by atoms with Gasteiger partial charge in [-0.3, -0.25) is 0 Å². The molecular formula is C29H44O5. The molecule has 0 saturated heterocycles. The van der Waals surface area contributed by atoms with Crippen molar-refractivity contribution in [2.75, 3.05) is 0 Å². The molecule has 0 aliphatic heterocycles. The Morgan fingerprint density at radius 3 is 2.47 bits per heavy atom. The molecule has 0 unspecified atom stereocenters. The highest BCUT2D eigenvalue weighted by Crippen LogP contribution is 2.58. The largest absolute Gasteiger partial charge is 0.459 e. The van der Waals surface area contributed by atoms with Gasteiger partial charge >= 0.3 is 5.97 Å². The Morgan fingerprint density at radius 2 is 1.85 bits per heavy atom. The summed E-state index contributed by atoms with van der Waals surface area (Å²) in [5.41, 5.74) is 2.14. The minimum absolute atomic E-state index is 0.0828. The molecule has 3 aliphatic rings. The molecule has 3 aliphatic carbocycles. The Bertz CT molecular complexity index is 833. The molecule has 5 nitrogen and oxygen atoms in total. The zero-order valence-corrected chi connectivity index (χ0v) is 21.4. The van der Waals surface area contributed by atoms with Gasteiger partial charge in [0.15, 0.2) is 0 Å². The van der Waals surface area contributed by atoms with Crippen molar-refractivity contribution in [1.82, 2.24) is 0 Å². The number of hydrogen-bond acceptors (Lipinski definition) is 5. The van der Waals surface area contributed by atoms with Crippen LogP contribution in [0.25, 0.3) is 0 Å². The SMILES string of the molecule is C=C1[C@H](O)CC(=CC=C2CCC[C@]3(C)[C@@H]([C@H](C)OC(=O)C=CC(O)(CC)CC)CC[C@@H]23)C[C@H]1O. The second-order valence-electron chi connectivity index (χ2n) is 11.0. The fourth-order valence-electron chi connectivity index (χ4n) is 6.49. The van der Waals surface area contributed by atoms with Crippen LogP contribution in [0.3, 0.4) is 0 Å². The molecule has 5 heteroatoms. The Labute approximate surface area is 205 Å². The van der Waals surface area contributed by atoms with E-state index < -0.39 is 17.8 Å². The van der Waals surface area contributed by atoms with Gasteiger partial charge in [-0.1, -0.05) is 50.6 Å². The first-order chi connectivity index (χ1) is 16.0. The van der Waals surface area contributed by atoms with E-state index in [1.165, 1.54) is 11.6 Å². The van der Waals surface area contributed by atoms with E-state index in [-0.39, 0.29) is 17.5 Å². The van der Waals surface area contributed by atoms with Gasteiger partial charge in [-0.05, 0) is 87.7 Å². The van der Waals surface area contributed by atoms with Crippen molar-refractivity contribution < 1.29 is 24.9 Å². The Balaban J connectivity index is 1.68. The number of aliphatic hydroxyl groups is 3. The average molecular weight is 473 g/mol. The van der Waals surface area contributed by atoms with E-state index in [0.29, 0.717) is 43.1 Å². The minimum atomic E-state index is -0.956. The molecule has 0 aromatic rings. The van der Waals surface area contributed by atoms with Crippen molar-refractivity contribution in [3.8, 4) is 0 Å². The van der Waals surface area contributed by atoms with E-state index in [1.807, 2.05) is 20.8 Å². The number of carbonyl (C=O) groups is 1. The summed E-state index contributed by atoms with van der Waals surface area (Å²) in [4.78, 5) is 12.5. The first-order valence-corrected chi connectivity index (χ1v) is 13.1. The molecule has 0 heterocycles. The van der Waals surface area contributed by atoms with E-state index in [1.54, 1.807) is 6.08 Å². The molecule has 0 bridgehead atoms. The Morgan fingerprint density at radius 1 is 1.21 bits per heavy atom. The van der Waals surface area contributed by atoms with E-state index in [2.05, 4.69) is 25.7 Å². The summed E-state index contributed by atoms with van der Waals surface area (Å²) in [6.45, 7) is 12.0. The molecule has 3 N–H and O–H groups in total. The molecule has 34 heavy (non-hydrogen) atoms. The van der Waals surface area contributed by atoms with E-state index in [0.717, 1.165) is 37.7 Å². The van der Waals surface area contributed by atoms with Crippen molar-refractivity contribution in [2.45, 2.75) is 109 Å². The lowest BCUT2D eigenvalue weighted by atomic mass is 9.62. The highest BCUT2D eigenvalue weighted by Gasteiger charge is 2.51. The minimum Gasteiger partial charge on any atom is -0.459 e. The number of ether oxygens (including phenoxy) is 1. The maximum Gasteiger partial charge on any atom is 0.330 e. The van der Waals surface area contributed by atoms with Crippen LogP contribution in [-0.2, 0) is 9.53 Å². The van der Waals surface area contributed by atoms with Gasteiger partial charge < -0.3 is 20.1 Å². The number of esters is 1. The van der Waals surface area contributed by atoms with Crippen LogP contribution in [-0.4, -0.2) is 45.2 Å². The topological polar surface area (TPSA) is 87.0 Å². The lowest BCUT2D eigenvalue weighted by Crippen LogP contribution is -2.39. The van der Waals surface area contributed by atoms with Crippen LogP contribution >= 0.6 is 0 Å². The molecule has 3 fully saturated rings. The summed E-state index contributed by atoms with van der Waals surface area (Å²) in [5, 5.41) is 30.7. The molecule has 0 spiro atoms. The van der Waals surface area contributed by atoms with Gasteiger partial charge in [0.2, 0.25) is 0 Å². The summed E-state index contributed by atoms with van der Waals surface area (Å²) < 4.78 is 5.82. The number of aliphatic hydroxyl groups excluding tert-OH is 2. The van der Waals surface area contributed by atoms with Gasteiger partial charge in [0.05, 0.1) is 17.8 Å². The van der Waals surface area contributed by atoms with E-state index in [9.17, 15) is 20.1 Å². The fourth-order valence-corrected chi connectivity index (χ4v) is 6.49. The van der Waals surface area contributed by atoms with Crippen molar-refractivity contribution in [3.05, 3.63) is 47.6 Å².